The average Bonchev–Trinajstić information content (AvgIpc) is 3.33. The number of nitrogens with zero attached hydrogens (tertiary/aromatic N) is 7. The van der Waals surface area contributed by atoms with Gasteiger partial charge in [0.1, 0.15) is 11.8 Å². The maximum Gasteiger partial charge on any atom is 0.434 e. The molecule has 1 saturated heterocycles. The molecule has 0 bridgehead atoms. The molecule has 9 nitrogen and oxygen atoms in total. The number of hydrogen-bond donors (Lipinski definition) is 0. The Balaban J connectivity index is 1.51. The van der Waals surface area contributed by atoms with E-state index in [9.17, 15) is 18.0 Å². The highest BCUT2D eigenvalue weighted by Gasteiger charge is 2.33. The summed E-state index contributed by atoms with van der Waals surface area (Å²) in [6.45, 7) is 2.69. The fourth-order valence-corrected chi connectivity index (χ4v) is 3.41. The van der Waals surface area contributed by atoms with Gasteiger partial charge in [0.15, 0.2) is 11.4 Å². The number of rotatable bonds is 5. The molecule has 1 aliphatic heterocycles. The number of carbonyl (C=O) groups excluding carboxylic acids is 1. The molecule has 3 aromatic heterocycles. The van der Waals surface area contributed by atoms with Crippen LogP contribution >= 0.6 is 0 Å². The Morgan fingerprint density at radius 3 is 2.62 bits per heavy atom. The van der Waals surface area contributed by atoms with Crippen LogP contribution in [0, 0.1) is 0 Å². The number of aromatic nitrogens is 6. The van der Waals surface area contributed by atoms with Gasteiger partial charge in [-0.25, -0.2) is 15.0 Å². The normalized spacial score (nSPS) is 16.8. The van der Waals surface area contributed by atoms with Crippen LogP contribution in [-0.4, -0.2) is 59.9 Å². The largest absolute Gasteiger partial charge is 0.471 e. The molecule has 4 heterocycles. The zero-order valence-corrected chi connectivity index (χ0v) is 17.2. The minimum atomic E-state index is -4.57. The van der Waals surface area contributed by atoms with Crippen LogP contribution in [0.5, 0.6) is 5.88 Å². The van der Waals surface area contributed by atoms with Crippen LogP contribution in [0.4, 0.5) is 13.2 Å². The second-order valence-corrected chi connectivity index (χ2v) is 7.21. The lowest BCUT2D eigenvalue weighted by Crippen LogP contribution is -2.45. The SMILES string of the molecule is CCc1ccc(-n2nccn2)c(C(=O)N2CCC[C@@H](Oc3cnc(C(F)(F)F)cn3)C2)n1. The van der Waals surface area contributed by atoms with E-state index in [4.69, 9.17) is 4.74 Å². The van der Waals surface area contributed by atoms with E-state index in [0.717, 1.165) is 11.9 Å². The Morgan fingerprint density at radius 1 is 1.19 bits per heavy atom. The molecule has 0 aromatic carbocycles. The van der Waals surface area contributed by atoms with Crippen molar-refractivity contribution in [3.05, 3.63) is 54.0 Å². The van der Waals surface area contributed by atoms with Gasteiger partial charge in [0.2, 0.25) is 5.88 Å². The Bertz CT molecular complexity index is 1070. The molecule has 1 fully saturated rings. The van der Waals surface area contributed by atoms with Gasteiger partial charge in [-0.2, -0.15) is 23.4 Å². The maximum atomic E-state index is 13.3. The number of hydrogen-bond acceptors (Lipinski definition) is 7. The van der Waals surface area contributed by atoms with Crippen LogP contribution in [0.3, 0.4) is 0 Å². The van der Waals surface area contributed by atoms with Crippen molar-refractivity contribution in [3.8, 4) is 11.6 Å². The van der Waals surface area contributed by atoms with Crippen molar-refractivity contribution in [3.63, 3.8) is 0 Å². The van der Waals surface area contributed by atoms with Crippen molar-refractivity contribution in [2.75, 3.05) is 13.1 Å². The van der Waals surface area contributed by atoms with Crippen LogP contribution in [0.2, 0.25) is 0 Å². The van der Waals surface area contributed by atoms with Crippen molar-refractivity contribution in [2.45, 2.75) is 38.5 Å². The first kappa shape index (κ1) is 21.7. The lowest BCUT2D eigenvalue weighted by atomic mass is 10.1. The lowest BCUT2D eigenvalue weighted by molar-refractivity contribution is -0.141. The van der Waals surface area contributed by atoms with Crippen molar-refractivity contribution < 1.29 is 22.7 Å². The zero-order chi connectivity index (χ0) is 22.7. The topological polar surface area (TPSA) is 98.9 Å². The molecule has 3 aromatic rings. The summed E-state index contributed by atoms with van der Waals surface area (Å²) in [6, 6.07) is 3.58. The molecule has 168 valence electrons. The molecule has 0 saturated carbocycles. The van der Waals surface area contributed by atoms with Gasteiger partial charge in [-0.1, -0.05) is 6.92 Å². The molecule has 0 aliphatic carbocycles. The molecular formula is C20H20F3N7O2. The fraction of sp³-hybridized carbons (Fsp3) is 0.400. The average molecular weight is 447 g/mol. The Hall–Kier alpha value is -3.57. The van der Waals surface area contributed by atoms with E-state index in [1.165, 1.54) is 17.2 Å². The van der Waals surface area contributed by atoms with E-state index in [0.29, 0.717) is 37.7 Å². The first-order chi connectivity index (χ1) is 15.3. The molecule has 0 spiro atoms. The highest BCUT2D eigenvalue weighted by atomic mass is 19.4. The van der Waals surface area contributed by atoms with Gasteiger partial charge in [0.05, 0.1) is 31.3 Å². The third kappa shape index (κ3) is 4.68. The number of carbonyl (C=O) groups is 1. The summed E-state index contributed by atoms with van der Waals surface area (Å²) in [5.41, 5.74) is 0.366. The minimum absolute atomic E-state index is 0.0233. The monoisotopic (exact) mass is 447 g/mol. The van der Waals surface area contributed by atoms with Gasteiger partial charge in [-0.15, -0.1) is 4.80 Å². The van der Waals surface area contributed by atoms with E-state index < -0.39 is 18.0 Å². The highest BCUT2D eigenvalue weighted by Crippen LogP contribution is 2.27. The third-order valence-electron chi connectivity index (χ3n) is 5.00. The number of amides is 1. The minimum Gasteiger partial charge on any atom is -0.471 e. The van der Waals surface area contributed by atoms with Crippen LogP contribution in [0.25, 0.3) is 5.69 Å². The fourth-order valence-electron chi connectivity index (χ4n) is 3.41. The van der Waals surface area contributed by atoms with Gasteiger partial charge in [0, 0.05) is 12.2 Å². The standard InChI is InChI=1S/C20H20F3N7O2/c1-2-13-5-6-15(30-26-7-8-27-30)18(28-13)19(31)29-9-3-4-14(12-29)32-17-11-24-16(10-25-17)20(21,22)23/h5-8,10-11,14H,2-4,9,12H2,1H3/t14-/m1/s1. The van der Waals surface area contributed by atoms with Gasteiger partial charge in [-0.3, -0.25) is 4.79 Å². The molecular weight excluding hydrogens is 427 g/mol. The lowest BCUT2D eigenvalue weighted by Gasteiger charge is -2.32. The van der Waals surface area contributed by atoms with E-state index in [-0.39, 0.29) is 24.0 Å². The number of aryl methyl sites for hydroxylation is 1. The Labute approximate surface area is 181 Å². The smallest absolute Gasteiger partial charge is 0.434 e. The predicted octanol–water partition coefficient (Wildman–Crippen LogP) is 2.72. The molecule has 12 heteroatoms. The molecule has 0 unspecified atom stereocenters. The summed E-state index contributed by atoms with van der Waals surface area (Å²) < 4.78 is 43.7. The molecule has 1 amide bonds. The van der Waals surface area contributed by atoms with Crippen LogP contribution in [0.1, 0.15) is 41.6 Å². The van der Waals surface area contributed by atoms with Gasteiger partial charge < -0.3 is 9.64 Å². The molecule has 1 atom stereocenters. The summed E-state index contributed by atoms with van der Waals surface area (Å²) in [4.78, 5) is 27.8. The summed E-state index contributed by atoms with van der Waals surface area (Å²) in [6.07, 6.45) is 1.54. The van der Waals surface area contributed by atoms with Crippen molar-refractivity contribution in [1.82, 2.24) is 34.8 Å². The molecule has 0 radical (unpaired) electrons. The summed E-state index contributed by atoms with van der Waals surface area (Å²) >= 11 is 0. The van der Waals surface area contributed by atoms with Crippen LogP contribution < -0.4 is 4.74 Å². The highest BCUT2D eigenvalue weighted by molar-refractivity contribution is 5.95. The molecule has 1 aliphatic rings. The number of halogens is 3. The first-order valence-corrected chi connectivity index (χ1v) is 10.1. The second-order valence-electron chi connectivity index (χ2n) is 7.21. The van der Waals surface area contributed by atoms with Crippen molar-refractivity contribution in [2.24, 2.45) is 0 Å². The Morgan fingerprint density at radius 2 is 1.97 bits per heavy atom. The number of alkyl halides is 3. The summed E-state index contributed by atoms with van der Waals surface area (Å²) in [5.74, 6) is -0.316. The third-order valence-corrected chi connectivity index (χ3v) is 5.00. The van der Waals surface area contributed by atoms with Crippen molar-refractivity contribution >= 4 is 5.91 Å². The predicted molar refractivity (Wildman–Crippen MR) is 105 cm³/mol. The van der Waals surface area contributed by atoms with E-state index in [1.807, 2.05) is 13.0 Å². The maximum absolute atomic E-state index is 13.3. The van der Waals surface area contributed by atoms with Crippen molar-refractivity contribution in [1.29, 1.82) is 0 Å². The van der Waals surface area contributed by atoms with Gasteiger partial charge >= 0.3 is 6.18 Å². The van der Waals surface area contributed by atoms with Gasteiger partial charge in [-0.05, 0) is 31.4 Å². The number of ether oxygens (including phenoxy) is 1. The van der Waals surface area contributed by atoms with Gasteiger partial charge in [0.25, 0.3) is 5.91 Å². The summed E-state index contributed by atoms with van der Waals surface area (Å²) in [5, 5.41) is 8.20. The van der Waals surface area contributed by atoms with E-state index in [1.54, 1.807) is 11.0 Å². The zero-order valence-electron chi connectivity index (χ0n) is 17.2. The Kier molecular flexibility index (Phi) is 6.01. The van der Waals surface area contributed by atoms with E-state index >= 15 is 0 Å². The quantitative estimate of drug-likeness (QED) is 0.593. The number of pyridine rings is 1. The first-order valence-electron chi connectivity index (χ1n) is 10.1. The number of piperidine rings is 1. The van der Waals surface area contributed by atoms with Crippen LogP contribution in [-0.2, 0) is 12.6 Å². The van der Waals surface area contributed by atoms with E-state index in [2.05, 4.69) is 25.1 Å². The molecule has 4 rings (SSSR count). The molecule has 32 heavy (non-hydrogen) atoms. The molecule has 0 N–H and O–H groups in total. The number of likely N-dealkylation sites (tertiary alicyclic amines) is 1. The summed E-state index contributed by atoms with van der Waals surface area (Å²) in [7, 11) is 0. The second kappa shape index (κ2) is 8.89. The van der Waals surface area contributed by atoms with Crippen LogP contribution in [0.15, 0.2) is 36.9 Å².